The smallest absolute Gasteiger partial charge is 0.244 e. The number of amides is 1. The molecule has 1 saturated heterocycles. The van der Waals surface area contributed by atoms with Crippen LogP contribution in [0.4, 0.5) is 5.69 Å². The second-order valence-corrected chi connectivity index (χ2v) is 4.92. The summed E-state index contributed by atoms with van der Waals surface area (Å²) in [6.07, 6.45) is 3.02. The van der Waals surface area contributed by atoms with Crippen LogP contribution < -0.4 is 10.2 Å². The zero-order chi connectivity index (χ0) is 13.1. The fraction of sp³-hybridized carbons (Fsp3) is 0.692. The summed E-state index contributed by atoms with van der Waals surface area (Å²) in [7, 11) is 0. The third-order valence-electron chi connectivity index (χ3n) is 3.44. The van der Waals surface area contributed by atoms with Crippen LogP contribution in [-0.2, 0) is 4.79 Å². The summed E-state index contributed by atoms with van der Waals surface area (Å²) in [6.45, 7) is 7.71. The van der Waals surface area contributed by atoms with Gasteiger partial charge in [-0.05, 0) is 39.7 Å². The molecule has 2 rings (SSSR count). The number of H-pyrrole nitrogens is 1. The van der Waals surface area contributed by atoms with Crippen molar-refractivity contribution in [2.75, 3.05) is 18.0 Å². The van der Waals surface area contributed by atoms with Gasteiger partial charge in [-0.15, -0.1) is 0 Å². The Morgan fingerprint density at radius 3 is 2.89 bits per heavy atom. The van der Waals surface area contributed by atoms with Crippen molar-refractivity contribution in [3.05, 3.63) is 11.4 Å². The molecule has 5 nitrogen and oxygen atoms in total. The maximum absolute atomic E-state index is 12.5. The van der Waals surface area contributed by atoms with Gasteiger partial charge >= 0.3 is 0 Å². The number of anilines is 1. The largest absolute Gasteiger partial charge is 0.308 e. The van der Waals surface area contributed by atoms with E-state index in [4.69, 9.17) is 0 Å². The van der Waals surface area contributed by atoms with Crippen molar-refractivity contribution in [3.8, 4) is 0 Å². The zero-order valence-electron chi connectivity index (χ0n) is 11.4. The van der Waals surface area contributed by atoms with Crippen LogP contribution in [0.3, 0.4) is 0 Å². The first kappa shape index (κ1) is 13.1. The predicted molar refractivity (Wildman–Crippen MR) is 71.7 cm³/mol. The van der Waals surface area contributed by atoms with Gasteiger partial charge in [-0.1, -0.05) is 6.92 Å². The van der Waals surface area contributed by atoms with E-state index in [1.54, 1.807) is 0 Å². The van der Waals surface area contributed by atoms with Crippen molar-refractivity contribution in [1.29, 1.82) is 0 Å². The number of rotatable bonds is 4. The predicted octanol–water partition coefficient (Wildman–Crippen LogP) is 1.52. The maximum Gasteiger partial charge on any atom is 0.244 e. The Kier molecular flexibility index (Phi) is 4.01. The number of carbonyl (C=O) groups is 1. The summed E-state index contributed by atoms with van der Waals surface area (Å²) in [6, 6.07) is -0.0348. The Bertz CT molecular complexity index is 407. The van der Waals surface area contributed by atoms with E-state index in [1.807, 2.05) is 18.7 Å². The highest BCUT2D eigenvalue weighted by Gasteiger charge is 2.31. The van der Waals surface area contributed by atoms with E-state index in [0.29, 0.717) is 0 Å². The standard InChI is InChI=1S/C13H22N4O/c1-4-7-14-11-6-5-8-17(13(11)18)12-9(2)15-16-10(12)3/h11,14H,4-8H2,1-3H3,(H,15,16). The Balaban J connectivity index is 2.16. The molecule has 1 atom stereocenters. The molecule has 0 bridgehead atoms. The summed E-state index contributed by atoms with van der Waals surface area (Å²) < 4.78 is 0. The summed E-state index contributed by atoms with van der Waals surface area (Å²) in [4.78, 5) is 14.3. The van der Waals surface area contributed by atoms with Crippen LogP contribution in [0.5, 0.6) is 0 Å². The molecule has 0 saturated carbocycles. The molecule has 0 radical (unpaired) electrons. The Morgan fingerprint density at radius 1 is 1.50 bits per heavy atom. The van der Waals surface area contributed by atoms with Crippen LogP contribution in [0, 0.1) is 13.8 Å². The van der Waals surface area contributed by atoms with E-state index >= 15 is 0 Å². The monoisotopic (exact) mass is 250 g/mol. The first-order valence-corrected chi connectivity index (χ1v) is 6.71. The van der Waals surface area contributed by atoms with Crippen LogP contribution in [0.15, 0.2) is 0 Å². The van der Waals surface area contributed by atoms with Crippen LogP contribution in [0.2, 0.25) is 0 Å². The second-order valence-electron chi connectivity index (χ2n) is 4.92. The van der Waals surface area contributed by atoms with Crippen LogP contribution in [0.25, 0.3) is 0 Å². The highest BCUT2D eigenvalue weighted by molar-refractivity contribution is 5.98. The average Bonchev–Trinajstić information content (AvgIpc) is 2.68. The van der Waals surface area contributed by atoms with Gasteiger partial charge in [-0.25, -0.2) is 0 Å². The van der Waals surface area contributed by atoms with Gasteiger partial charge < -0.3 is 10.2 Å². The van der Waals surface area contributed by atoms with Crippen molar-refractivity contribution >= 4 is 11.6 Å². The number of hydrogen-bond acceptors (Lipinski definition) is 3. The number of nitrogens with one attached hydrogen (secondary N) is 2. The molecule has 100 valence electrons. The van der Waals surface area contributed by atoms with E-state index in [1.165, 1.54) is 0 Å². The molecule has 2 N–H and O–H groups in total. The molecule has 1 aliphatic heterocycles. The number of piperidine rings is 1. The van der Waals surface area contributed by atoms with Crippen LogP contribution >= 0.6 is 0 Å². The van der Waals surface area contributed by atoms with Gasteiger partial charge in [0.1, 0.15) is 0 Å². The molecule has 1 aromatic heterocycles. The number of aryl methyl sites for hydroxylation is 2. The van der Waals surface area contributed by atoms with Gasteiger partial charge in [0, 0.05) is 6.54 Å². The maximum atomic E-state index is 12.5. The van der Waals surface area contributed by atoms with Crippen molar-refractivity contribution in [2.24, 2.45) is 0 Å². The molecule has 1 fully saturated rings. The number of aromatic amines is 1. The molecule has 0 aromatic carbocycles. The molecule has 0 aliphatic carbocycles. The van der Waals surface area contributed by atoms with Crippen molar-refractivity contribution in [1.82, 2.24) is 15.5 Å². The third kappa shape index (κ3) is 2.41. The Morgan fingerprint density at radius 2 is 2.28 bits per heavy atom. The lowest BCUT2D eigenvalue weighted by Gasteiger charge is -2.32. The zero-order valence-corrected chi connectivity index (χ0v) is 11.4. The highest BCUT2D eigenvalue weighted by atomic mass is 16.2. The summed E-state index contributed by atoms with van der Waals surface area (Å²) in [5, 5.41) is 10.5. The van der Waals surface area contributed by atoms with E-state index in [-0.39, 0.29) is 11.9 Å². The lowest BCUT2D eigenvalue weighted by Crippen LogP contribution is -2.51. The lowest BCUT2D eigenvalue weighted by molar-refractivity contribution is -0.121. The minimum absolute atomic E-state index is 0.0348. The number of aromatic nitrogens is 2. The van der Waals surface area contributed by atoms with Crippen LogP contribution in [0.1, 0.15) is 37.6 Å². The van der Waals surface area contributed by atoms with Crippen LogP contribution in [-0.4, -0.2) is 35.2 Å². The SMILES string of the molecule is CCCNC1CCCN(c2c(C)n[nH]c2C)C1=O. The molecule has 5 heteroatoms. The summed E-state index contributed by atoms with van der Waals surface area (Å²) in [5.41, 5.74) is 2.83. The molecule has 1 aromatic rings. The topological polar surface area (TPSA) is 61.0 Å². The normalized spacial score (nSPS) is 20.5. The van der Waals surface area contributed by atoms with E-state index in [9.17, 15) is 4.79 Å². The molecule has 1 unspecified atom stereocenters. The first-order chi connectivity index (χ1) is 8.65. The molecule has 1 amide bonds. The van der Waals surface area contributed by atoms with Gasteiger partial charge in [0.25, 0.3) is 0 Å². The quantitative estimate of drug-likeness (QED) is 0.851. The molecule has 2 heterocycles. The number of nitrogens with zero attached hydrogens (tertiary/aromatic N) is 2. The van der Waals surface area contributed by atoms with Gasteiger partial charge in [0.15, 0.2) is 0 Å². The minimum Gasteiger partial charge on any atom is -0.308 e. The minimum atomic E-state index is -0.0348. The first-order valence-electron chi connectivity index (χ1n) is 6.71. The van der Waals surface area contributed by atoms with Crippen molar-refractivity contribution in [2.45, 2.75) is 46.1 Å². The van der Waals surface area contributed by atoms with Gasteiger partial charge in [-0.2, -0.15) is 5.10 Å². The number of carbonyl (C=O) groups excluding carboxylic acids is 1. The van der Waals surface area contributed by atoms with E-state index < -0.39 is 0 Å². The third-order valence-corrected chi connectivity index (χ3v) is 3.44. The van der Waals surface area contributed by atoms with Gasteiger partial charge in [0.05, 0.1) is 23.1 Å². The van der Waals surface area contributed by atoms with Gasteiger partial charge in [0.2, 0.25) is 5.91 Å². The van der Waals surface area contributed by atoms with E-state index in [0.717, 1.165) is 49.4 Å². The van der Waals surface area contributed by atoms with Crippen molar-refractivity contribution < 1.29 is 4.79 Å². The van der Waals surface area contributed by atoms with Gasteiger partial charge in [-0.3, -0.25) is 9.89 Å². The highest BCUT2D eigenvalue weighted by Crippen LogP contribution is 2.26. The summed E-state index contributed by atoms with van der Waals surface area (Å²) >= 11 is 0. The fourth-order valence-corrected chi connectivity index (χ4v) is 2.55. The molecular formula is C13H22N4O. The molecular weight excluding hydrogens is 228 g/mol. The molecule has 0 spiro atoms. The Hall–Kier alpha value is -1.36. The summed E-state index contributed by atoms with van der Waals surface area (Å²) in [5.74, 6) is 0.183. The molecule has 1 aliphatic rings. The average molecular weight is 250 g/mol. The fourth-order valence-electron chi connectivity index (χ4n) is 2.55. The number of hydrogen-bond donors (Lipinski definition) is 2. The van der Waals surface area contributed by atoms with Crippen molar-refractivity contribution in [3.63, 3.8) is 0 Å². The van der Waals surface area contributed by atoms with E-state index in [2.05, 4.69) is 22.4 Å². The Labute approximate surface area is 108 Å². The molecule has 18 heavy (non-hydrogen) atoms. The lowest BCUT2D eigenvalue weighted by atomic mass is 10.0. The second kappa shape index (κ2) is 5.52.